The van der Waals surface area contributed by atoms with E-state index in [2.05, 4.69) is 20.2 Å². The summed E-state index contributed by atoms with van der Waals surface area (Å²) < 4.78 is 81.4. The number of aliphatic hydroxyl groups excluding tert-OH is 1. The highest BCUT2D eigenvalue weighted by Crippen LogP contribution is 2.39. The molecule has 1 fully saturated rings. The molecule has 57 heavy (non-hydrogen) atoms. The highest BCUT2D eigenvalue weighted by molar-refractivity contribution is 14.1. The normalized spacial score (nSPS) is 15.9. The number of aliphatic hydroxyl groups is 1. The number of benzene rings is 4. The first kappa shape index (κ1) is 41.8. The third kappa shape index (κ3) is 9.31. The molecule has 17 nitrogen and oxygen atoms in total. The van der Waals surface area contributed by atoms with E-state index >= 15 is 8.42 Å². The molecule has 1 aromatic heterocycles. The molecule has 0 aliphatic carbocycles. The molecule has 5 aromatic rings. The number of nitrogens with one attached hydrogen (secondary N) is 1. The van der Waals surface area contributed by atoms with E-state index in [0.717, 1.165) is 10.5 Å². The van der Waals surface area contributed by atoms with Crippen LogP contribution >= 0.6 is 22.6 Å². The minimum atomic E-state index is -4.82. The van der Waals surface area contributed by atoms with Crippen molar-refractivity contribution in [2.45, 2.75) is 47.9 Å². The number of halogens is 1. The monoisotopic (exact) mass is 933 g/mol. The van der Waals surface area contributed by atoms with Crippen LogP contribution in [0.3, 0.4) is 0 Å². The first-order valence-electron chi connectivity index (χ1n) is 17.4. The van der Waals surface area contributed by atoms with Gasteiger partial charge >= 0.3 is 6.09 Å². The second-order valence-electron chi connectivity index (χ2n) is 13.1. The molecule has 3 N–H and O–H groups in total. The molecule has 2 atom stereocenters. The Morgan fingerprint density at radius 2 is 1.37 bits per heavy atom. The second-order valence-corrected chi connectivity index (χ2v) is 17.8. The molecular weight excluding hydrogens is 893 g/mol. The van der Waals surface area contributed by atoms with Gasteiger partial charge in [-0.1, -0.05) is 36.4 Å². The minimum Gasteiger partial charge on any atom is -0.497 e. The van der Waals surface area contributed by atoms with Gasteiger partial charge in [-0.2, -0.15) is 4.31 Å². The molecule has 6 rings (SSSR count). The molecule has 1 aliphatic heterocycles. The Labute approximate surface area is 343 Å². The van der Waals surface area contributed by atoms with E-state index in [0.29, 0.717) is 31.9 Å². The molecule has 0 saturated carbocycles. The first-order valence-corrected chi connectivity index (χ1v) is 21.4. The molecular formula is C37H40IN7O10S2. The number of methoxy groups -OCH3 is 3. The molecule has 1 saturated heterocycles. The Morgan fingerprint density at radius 1 is 0.842 bits per heavy atom. The van der Waals surface area contributed by atoms with Crippen molar-refractivity contribution >= 4 is 48.7 Å². The summed E-state index contributed by atoms with van der Waals surface area (Å²) in [4.78, 5) is 11.7. The van der Waals surface area contributed by atoms with Crippen LogP contribution in [0.1, 0.15) is 23.1 Å². The summed E-state index contributed by atoms with van der Waals surface area (Å²) in [5, 5.41) is 31.8. The Kier molecular flexibility index (Phi) is 13.0. The number of ether oxygens (including phenoxy) is 3. The molecule has 0 spiro atoms. The fourth-order valence-electron chi connectivity index (χ4n) is 6.53. The zero-order valence-corrected chi connectivity index (χ0v) is 34.8. The lowest BCUT2D eigenvalue weighted by Gasteiger charge is -2.26. The summed E-state index contributed by atoms with van der Waals surface area (Å²) in [6.45, 7) is -1.06. The highest BCUT2D eigenvalue weighted by atomic mass is 127. The van der Waals surface area contributed by atoms with E-state index in [9.17, 15) is 23.4 Å². The molecule has 4 aromatic carbocycles. The number of amides is 1. The van der Waals surface area contributed by atoms with Crippen molar-refractivity contribution in [2.24, 2.45) is 0 Å². The van der Waals surface area contributed by atoms with Gasteiger partial charge in [0.05, 0.1) is 46.1 Å². The predicted molar refractivity (Wildman–Crippen MR) is 215 cm³/mol. The van der Waals surface area contributed by atoms with Crippen molar-refractivity contribution in [3.63, 3.8) is 0 Å². The molecule has 0 bridgehead atoms. The van der Waals surface area contributed by atoms with Crippen molar-refractivity contribution in [3.05, 3.63) is 105 Å². The quantitative estimate of drug-likeness (QED) is 0.120. The summed E-state index contributed by atoms with van der Waals surface area (Å²) in [6.07, 6.45) is -1.37. The number of hydrogen-bond donors (Lipinski definition) is 3. The van der Waals surface area contributed by atoms with Crippen LogP contribution in [0.4, 0.5) is 4.79 Å². The maximum Gasteiger partial charge on any atom is 0.407 e. The topological polar surface area (TPSA) is 216 Å². The van der Waals surface area contributed by atoms with E-state index in [1.54, 1.807) is 79.9 Å². The fraction of sp³-hybridized carbons (Fsp3) is 0.297. The summed E-state index contributed by atoms with van der Waals surface area (Å²) in [6, 6.07) is 21.6. The number of rotatable bonds is 16. The summed E-state index contributed by atoms with van der Waals surface area (Å²) in [5.41, 5.74) is 1.86. The third-order valence-electron chi connectivity index (χ3n) is 9.43. The zero-order valence-electron chi connectivity index (χ0n) is 31.0. The van der Waals surface area contributed by atoms with Crippen LogP contribution in [-0.4, -0.2) is 109 Å². The summed E-state index contributed by atoms with van der Waals surface area (Å²) in [7, 11) is -4.98. The number of nitrogens with zero attached hydrogens (tertiary/aromatic N) is 6. The average molecular weight is 934 g/mol. The van der Waals surface area contributed by atoms with Crippen LogP contribution in [0.2, 0.25) is 0 Å². The lowest BCUT2D eigenvalue weighted by atomic mass is 10.2. The molecule has 1 amide bonds. The van der Waals surface area contributed by atoms with E-state index < -0.39 is 54.6 Å². The van der Waals surface area contributed by atoms with E-state index in [1.807, 2.05) is 22.6 Å². The SMILES string of the molecule is COc1ccc(CN(Cc2ccc(OC)cc2)S(=O)(=O)c2c(S(=O)(=O)NC3CC(CO)N(C(=O)O)C3)ccc(I)c2-c2nnnn2Cc2ccc(OC)cc2)cc1. The average Bonchev–Trinajstić information content (AvgIpc) is 3.84. The number of aromatic nitrogens is 4. The molecule has 2 unspecified atom stereocenters. The van der Waals surface area contributed by atoms with Gasteiger partial charge in [-0.3, -0.25) is 0 Å². The van der Waals surface area contributed by atoms with Crippen molar-refractivity contribution in [2.75, 3.05) is 34.5 Å². The van der Waals surface area contributed by atoms with Crippen LogP contribution in [0.25, 0.3) is 11.4 Å². The lowest BCUT2D eigenvalue weighted by molar-refractivity contribution is 0.118. The third-order valence-corrected chi connectivity index (χ3v) is 13.9. The largest absolute Gasteiger partial charge is 0.497 e. The van der Waals surface area contributed by atoms with Gasteiger partial charge in [-0.15, -0.1) is 5.10 Å². The van der Waals surface area contributed by atoms with E-state index in [4.69, 9.17) is 14.2 Å². The van der Waals surface area contributed by atoms with Crippen LogP contribution in [0.15, 0.2) is 94.7 Å². The zero-order chi connectivity index (χ0) is 40.9. The Bertz CT molecular complexity index is 2370. The van der Waals surface area contributed by atoms with Gasteiger partial charge in [0.1, 0.15) is 27.0 Å². The lowest BCUT2D eigenvalue weighted by Crippen LogP contribution is -2.40. The Hall–Kier alpha value is -4.87. The highest BCUT2D eigenvalue weighted by Gasteiger charge is 2.41. The van der Waals surface area contributed by atoms with Crippen molar-refractivity contribution in [3.8, 4) is 28.6 Å². The van der Waals surface area contributed by atoms with Crippen molar-refractivity contribution < 1.29 is 46.1 Å². The van der Waals surface area contributed by atoms with Gasteiger partial charge in [0.25, 0.3) is 0 Å². The van der Waals surface area contributed by atoms with Gasteiger partial charge in [-0.05, 0) is 105 Å². The van der Waals surface area contributed by atoms with Crippen LogP contribution < -0.4 is 18.9 Å². The maximum absolute atomic E-state index is 15.5. The summed E-state index contributed by atoms with van der Waals surface area (Å²) >= 11 is 1.93. The molecule has 302 valence electrons. The van der Waals surface area contributed by atoms with E-state index in [1.165, 1.54) is 35.3 Å². The second kappa shape index (κ2) is 17.7. The minimum absolute atomic E-state index is 0.0158. The molecule has 1 aliphatic rings. The Morgan fingerprint density at radius 3 is 1.84 bits per heavy atom. The number of sulfonamides is 2. The fourth-order valence-corrected chi connectivity index (χ4v) is 11.1. The van der Waals surface area contributed by atoms with Gasteiger partial charge in [-0.25, -0.2) is 31.0 Å². The van der Waals surface area contributed by atoms with Crippen LogP contribution in [0, 0.1) is 3.57 Å². The number of carbonyl (C=O) groups is 1. The number of likely N-dealkylation sites (tertiary alicyclic amines) is 1. The van der Waals surface area contributed by atoms with Crippen LogP contribution in [0.5, 0.6) is 17.2 Å². The standard InChI is InChI=1S/C37H40IN7O10S2/c1-53-29-10-4-24(5-11-29)19-43(20-25-6-12-30(54-2)13-7-25)57(51,52)35-33(56(49,50)40-27-18-28(23-46)44(22-27)37(47)48)17-16-32(38)34(35)36-39-41-42-45(36)21-26-8-14-31(55-3)15-9-26/h4-17,27-28,40,46H,18-23H2,1-3H3,(H,47,48). The van der Waals surface area contributed by atoms with Gasteiger partial charge in [0.15, 0.2) is 5.82 Å². The van der Waals surface area contributed by atoms with Gasteiger partial charge < -0.3 is 29.3 Å². The van der Waals surface area contributed by atoms with Crippen molar-refractivity contribution in [1.82, 2.24) is 34.1 Å². The van der Waals surface area contributed by atoms with Gasteiger partial charge in [0, 0.05) is 29.2 Å². The Balaban J connectivity index is 1.53. The molecule has 0 radical (unpaired) electrons. The van der Waals surface area contributed by atoms with Gasteiger partial charge in [0.2, 0.25) is 20.0 Å². The smallest absolute Gasteiger partial charge is 0.407 e. The van der Waals surface area contributed by atoms with Crippen molar-refractivity contribution in [1.29, 1.82) is 0 Å². The first-order chi connectivity index (χ1) is 27.3. The molecule has 20 heteroatoms. The number of carboxylic acid groups (broad SMARTS) is 1. The number of hydrogen-bond acceptors (Lipinski definition) is 12. The summed E-state index contributed by atoms with van der Waals surface area (Å²) in [5.74, 6) is 1.72. The number of tetrazole rings is 1. The molecule has 2 heterocycles. The van der Waals surface area contributed by atoms with Crippen LogP contribution in [-0.2, 0) is 39.7 Å². The van der Waals surface area contributed by atoms with E-state index in [-0.39, 0.29) is 44.0 Å². The predicted octanol–water partition coefficient (Wildman–Crippen LogP) is 3.80. The maximum atomic E-state index is 15.5.